The Bertz CT molecular complexity index is 716. The fourth-order valence-electron chi connectivity index (χ4n) is 2.59. The van der Waals surface area contributed by atoms with Crippen LogP contribution in [0.2, 0.25) is 0 Å². The molecule has 0 atom stereocenters. The van der Waals surface area contributed by atoms with Crippen LogP contribution in [0.3, 0.4) is 0 Å². The Morgan fingerprint density at radius 1 is 1.04 bits per heavy atom. The zero-order valence-corrected chi connectivity index (χ0v) is 15.1. The van der Waals surface area contributed by atoms with Gasteiger partial charge in [0, 0.05) is 37.6 Å². The van der Waals surface area contributed by atoms with Crippen molar-refractivity contribution in [3.8, 4) is 0 Å². The van der Waals surface area contributed by atoms with Gasteiger partial charge < -0.3 is 9.80 Å². The van der Waals surface area contributed by atoms with Gasteiger partial charge in [0.2, 0.25) is 0 Å². The number of amides is 2. The van der Waals surface area contributed by atoms with Gasteiger partial charge in [-0.3, -0.25) is 14.6 Å². The first-order chi connectivity index (χ1) is 12.1. The molecule has 2 aromatic rings. The highest BCUT2D eigenvalue weighted by Crippen LogP contribution is 2.16. The van der Waals surface area contributed by atoms with Crippen molar-refractivity contribution in [1.29, 1.82) is 0 Å². The summed E-state index contributed by atoms with van der Waals surface area (Å²) in [5.74, 6) is -0.299. The van der Waals surface area contributed by atoms with Crippen molar-refractivity contribution in [3.63, 3.8) is 0 Å². The third-order valence-electron chi connectivity index (χ3n) is 4.05. The lowest BCUT2D eigenvalue weighted by molar-refractivity contribution is 0.0793. The van der Waals surface area contributed by atoms with E-state index in [4.69, 9.17) is 0 Å². The van der Waals surface area contributed by atoms with E-state index in [1.165, 1.54) is 6.20 Å². The summed E-state index contributed by atoms with van der Waals surface area (Å²) < 4.78 is 0. The summed E-state index contributed by atoms with van der Waals surface area (Å²) in [6, 6.07) is 12.7. The molecule has 1 aromatic carbocycles. The minimum Gasteiger partial charge on any atom is -0.342 e. The van der Waals surface area contributed by atoms with Gasteiger partial charge in [-0.15, -0.1) is 0 Å². The summed E-state index contributed by atoms with van der Waals surface area (Å²) >= 11 is 0. The summed E-state index contributed by atoms with van der Waals surface area (Å²) in [4.78, 5) is 32.8. The van der Waals surface area contributed by atoms with Crippen LogP contribution in [0.4, 0.5) is 5.69 Å². The van der Waals surface area contributed by atoms with Crippen LogP contribution >= 0.6 is 0 Å². The number of carbonyl (C=O) groups excluding carboxylic acids is 2. The lowest BCUT2D eigenvalue weighted by atomic mass is 10.1. The number of pyridine rings is 1. The Hall–Kier alpha value is -2.69. The summed E-state index contributed by atoms with van der Waals surface area (Å²) in [6.45, 7) is 5.23. The average molecular weight is 339 g/mol. The average Bonchev–Trinajstić information content (AvgIpc) is 2.67. The largest absolute Gasteiger partial charge is 0.342 e. The molecule has 25 heavy (non-hydrogen) atoms. The van der Waals surface area contributed by atoms with Crippen LogP contribution in [0, 0.1) is 0 Å². The molecule has 1 aromatic heterocycles. The quantitative estimate of drug-likeness (QED) is 0.774. The fourth-order valence-corrected chi connectivity index (χ4v) is 2.59. The Labute approximate surface area is 149 Å². The van der Waals surface area contributed by atoms with Crippen molar-refractivity contribution in [1.82, 2.24) is 9.88 Å². The van der Waals surface area contributed by atoms with Gasteiger partial charge in [-0.05, 0) is 37.6 Å². The number of anilines is 1. The molecular formula is C20H25N3O2. The van der Waals surface area contributed by atoms with Crippen LogP contribution in [-0.4, -0.2) is 41.8 Å². The number of para-hydroxylation sites is 1. The second kappa shape index (κ2) is 8.97. The molecule has 0 aliphatic rings. The van der Waals surface area contributed by atoms with Gasteiger partial charge in [-0.25, -0.2) is 0 Å². The van der Waals surface area contributed by atoms with Crippen LogP contribution < -0.4 is 4.90 Å². The summed E-state index contributed by atoms with van der Waals surface area (Å²) in [7, 11) is 1.78. The first-order valence-electron chi connectivity index (χ1n) is 8.66. The van der Waals surface area contributed by atoms with Gasteiger partial charge in [0.25, 0.3) is 11.8 Å². The van der Waals surface area contributed by atoms with Gasteiger partial charge in [0.1, 0.15) is 5.69 Å². The number of unbranched alkanes of at least 4 members (excludes halogenated alkanes) is 1. The van der Waals surface area contributed by atoms with Gasteiger partial charge >= 0.3 is 0 Å². The van der Waals surface area contributed by atoms with Crippen molar-refractivity contribution in [2.24, 2.45) is 0 Å². The Morgan fingerprint density at radius 2 is 1.76 bits per heavy atom. The van der Waals surface area contributed by atoms with Crippen LogP contribution in [0.25, 0.3) is 0 Å². The van der Waals surface area contributed by atoms with Crippen LogP contribution in [0.1, 0.15) is 47.5 Å². The van der Waals surface area contributed by atoms with E-state index in [0.29, 0.717) is 18.7 Å². The Morgan fingerprint density at radius 3 is 2.40 bits per heavy atom. The molecule has 0 saturated carbocycles. The highest BCUT2D eigenvalue weighted by atomic mass is 16.2. The van der Waals surface area contributed by atoms with E-state index in [2.05, 4.69) is 11.9 Å². The normalized spacial score (nSPS) is 10.4. The third-order valence-corrected chi connectivity index (χ3v) is 4.05. The minimum absolute atomic E-state index is 0.0901. The van der Waals surface area contributed by atoms with Gasteiger partial charge in [-0.1, -0.05) is 31.5 Å². The smallest absolute Gasteiger partial charge is 0.276 e. The predicted molar refractivity (Wildman–Crippen MR) is 99.9 cm³/mol. The molecule has 0 fully saturated rings. The number of hydrogen-bond acceptors (Lipinski definition) is 3. The maximum atomic E-state index is 12.8. The molecule has 0 bridgehead atoms. The highest BCUT2D eigenvalue weighted by Gasteiger charge is 2.19. The Kier molecular flexibility index (Phi) is 6.69. The van der Waals surface area contributed by atoms with E-state index in [9.17, 15) is 9.59 Å². The number of rotatable bonds is 7. The number of carbonyl (C=O) groups is 2. The number of benzene rings is 1. The molecule has 0 N–H and O–H groups in total. The zero-order chi connectivity index (χ0) is 18.2. The number of hydrogen-bond donors (Lipinski definition) is 0. The standard InChI is InChI=1S/C20H25N3O2/c1-4-6-14-22(3)19(24)16-12-13-21-18(15-16)20(25)23(5-2)17-10-8-7-9-11-17/h7-13,15H,4-6,14H2,1-3H3. The van der Waals surface area contributed by atoms with Crippen LogP contribution in [0.15, 0.2) is 48.7 Å². The summed E-state index contributed by atoms with van der Waals surface area (Å²) in [6.07, 6.45) is 3.50. The molecule has 2 amide bonds. The molecule has 0 radical (unpaired) electrons. The predicted octanol–water partition coefficient (Wildman–Crippen LogP) is 3.62. The first kappa shape index (κ1) is 18.6. The SMILES string of the molecule is CCCCN(C)C(=O)c1ccnc(C(=O)N(CC)c2ccccc2)c1. The zero-order valence-electron chi connectivity index (χ0n) is 15.1. The first-order valence-corrected chi connectivity index (χ1v) is 8.66. The van der Waals surface area contributed by atoms with Crippen molar-refractivity contribution in [2.75, 3.05) is 25.0 Å². The van der Waals surface area contributed by atoms with Crippen molar-refractivity contribution in [3.05, 3.63) is 59.9 Å². The fraction of sp³-hybridized carbons (Fsp3) is 0.350. The third kappa shape index (κ3) is 4.66. The molecule has 0 aliphatic heterocycles. The van der Waals surface area contributed by atoms with E-state index >= 15 is 0 Å². The molecule has 5 nitrogen and oxygen atoms in total. The maximum absolute atomic E-state index is 12.8. The van der Waals surface area contributed by atoms with E-state index in [0.717, 1.165) is 18.5 Å². The number of aromatic nitrogens is 1. The maximum Gasteiger partial charge on any atom is 0.276 e. The molecular weight excluding hydrogens is 314 g/mol. The van der Waals surface area contributed by atoms with Crippen LogP contribution in [0.5, 0.6) is 0 Å². The van der Waals surface area contributed by atoms with Crippen LogP contribution in [-0.2, 0) is 0 Å². The van der Waals surface area contributed by atoms with E-state index < -0.39 is 0 Å². The molecule has 0 spiro atoms. The van der Waals surface area contributed by atoms with Crippen molar-refractivity contribution >= 4 is 17.5 Å². The molecule has 5 heteroatoms. The topological polar surface area (TPSA) is 53.5 Å². The molecule has 2 rings (SSSR count). The van der Waals surface area contributed by atoms with Crippen molar-refractivity contribution < 1.29 is 9.59 Å². The highest BCUT2D eigenvalue weighted by molar-refractivity contribution is 6.06. The Balaban J connectivity index is 2.22. The second-order valence-electron chi connectivity index (χ2n) is 5.89. The monoisotopic (exact) mass is 339 g/mol. The van der Waals surface area contributed by atoms with Crippen molar-refractivity contribution in [2.45, 2.75) is 26.7 Å². The van der Waals surface area contributed by atoms with E-state index in [1.54, 1.807) is 29.0 Å². The van der Waals surface area contributed by atoms with Gasteiger partial charge in [0.15, 0.2) is 0 Å². The molecule has 132 valence electrons. The van der Waals surface area contributed by atoms with Gasteiger partial charge in [-0.2, -0.15) is 0 Å². The minimum atomic E-state index is -0.209. The molecule has 0 unspecified atom stereocenters. The number of nitrogens with zero attached hydrogens (tertiary/aromatic N) is 3. The lowest BCUT2D eigenvalue weighted by Crippen LogP contribution is -2.32. The lowest BCUT2D eigenvalue weighted by Gasteiger charge is -2.21. The van der Waals surface area contributed by atoms with E-state index in [1.807, 2.05) is 37.3 Å². The molecule has 0 saturated heterocycles. The molecule has 1 heterocycles. The molecule has 0 aliphatic carbocycles. The second-order valence-corrected chi connectivity index (χ2v) is 5.89. The summed E-state index contributed by atoms with van der Waals surface area (Å²) in [5.41, 5.74) is 1.58. The van der Waals surface area contributed by atoms with E-state index in [-0.39, 0.29) is 17.5 Å². The summed E-state index contributed by atoms with van der Waals surface area (Å²) in [5, 5.41) is 0. The van der Waals surface area contributed by atoms with Gasteiger partial charge in [0.05, 0.1) is 0 Å².